The van der Waals surface area contributed by atoms with Crippen molar-refractivity contribution in [3.63, 3.8) is 0 Å². The van der Waals surface area contributed by atoms with Gasteiger partial charge in [-0.2, -0.15) is 15.0 Å². The van der Waals surface area contributed by atoms with E-state index in [1.54, 1.807) is 0 Å². The van der Waals surface area contributed by atoms with E-state index in [9.17, 15) is 0 Å². The van der Waals surface area contributed by atoms with Crippen LogP contribution >= 0.6 is 0 Å². The van der Waals surface area contributed by atoms with Gasteiger partial charge in [0.15, 0.2) is 0 Å². The Morgan fingerprint density at radius 1 is 0.725 bits per heavy atom. The van der Waals surface area contributed by atoms with Crippen molar-refractivity contribution in [3.8, 4) is 0 Å². The van der Waals surface area contributed by atoms with Gasteiger partial charge in [0.2, 0.25) is 11.9 Å². The molecule has 0 amide bonds. The Balaban J connectivity index is 1.42. The molecule has 10 heteroatoms. The van der Waals surface area contributed by atoms with Gasteiger partial charge in [0, 0.05) is 57.4 Å². The van der Waals surface area contributed by atoms with Crippen LogP contribution in [0.2, 0.25) is 0 Å². The number of nitrogens with zero attached hydrogens (tertiary/aromatic N) is 7. The number of aryl methyl sites for hydroxylation is 2. The van der Waals surface area contributed by atoms with Crippen LogP contribution in [0.15, 0.2) is 48.5 Å². The number of benzene rings is 2. The highest BCUT2D eigenvalue weighted by atomic mass is 15.3. The van der Waals surface area contributed by atoms with Crippen molar-refractivity contribution in [3.05, 3.63) is 65.7 Å². The van der Waals surface area contributed by atoms with Crippen LogP contribution < -0.4 is 22.1 Å². The largest absolute Gasteiger partial charge is 0.398 e. The molecule has 3 aliphatic heterocycles. The van der Waals surface area contributed by atoms with Crippen molar-refractivity contribution >= 4 is 56.5 Å². The summed E-state index contributed by atoms with van der Waals surface area (Å²) in [4.78, 5) is 28.2. The van der Waals surface area contributed by atoms with Gasteiger partial charge in [-0.3, -0.25) is 14.9 Å². The molecule has 40 heavy (non-hydrogen) atoms. The van der Waals surface area contributed by atoms with Crippen molar-refractivity contribution in [2.24, 2.45) is 5.92 Å². The van der Waals surface area contributed by atoms with Gasteiger partial charge in [-0.25, -0.2) is 0 Å². The molecule has 3 aromatic heterocycles. The van der Waals surface area contributed by atoms with Gasteiger partial charge in [0.25, 0.3) is 0 Å². The molecule has 202 valence electrons. The molecule has 1 unspecified atom stereocenters. The topological polar surface area (TPSA) is 149 Å². The number of piperidine rings is 3. The van der Waals surface area contributed by atoms with Crippen LogP contribution in [0.1, 0.15) is 36.0 Å². The summed E-state index contributed by atoms with van der Waals surface area (Å²) in [7, 11) is 0. The molecule has 0 spiro atoms. The monoisotopic (exact) mass is 532 g/mol. The normalized spacial score (nSPS) is 20.3. The van der Waals surface area contributed by atoms with Gasteiger partial charge in [-0.05, 0) is 94.2 Å². The summed E-state index contributed by atoms with van der Waals surface area (Å²) in [6.45, 7) is 7.10. The highest BCUT2D eigenvalue weighted by Gasteiger charge is 2.37. The average Bonchev–Trinajstić information content (AvgIpc) is 2.94. The molecule has 1 atom stereocenters. The van der Waals surface area contributed by atoms with Crippen LogP contribution in [0, 0.1) is 19.8 Å². The summed E-state index contributed by atoms with van der Waals surface area (Å²) in [5.41, 5.74) is 25.6. The lowest BCUT2D eigenvalue weighted by molar-refractivity contribution is 0.0836. The number of hydrogen-bond acceptors (Lipinski definition) is 10. The minimum atomic E-state index is 0.205. The molecule has 3 aliphatic rings. The second-order valence-corrected chi connectivity index (χ2v) is 11.0. The third-order valence-electron chi connectivity index (χ3n) is 8.27. The number of nitrogens with two attached hydrogens (primary N) is 3. The Hall–Kier alpha value is -4.57. The first kappa shape index (κ1) is 24.5. The zero-order valence-corrected chi connectivity index (χ0v) is 22.7. The molecular weight excluding hydrogens is 500 g/mol. The van der Waals surface area contributed by atoms with Crippen LogP contribution in [0.4, 0.5) is 34.6 Å². The fourth-order valence-electron chi connectivity index (χ4n) is 6.33. The van der Waals surface area contributed by atoms with Gasteiger partial charge in [0.05, 0.1) is 11.0 Å². The average molecular weight is 533 g/mol. The lowest BCUT2D eigenvalue weighted by Gasteiger charge is -2.44. The van der Waals surface area contributed by atoms with Crippen LogP contribution in [0.3, 0.4) is 0 Å². The third kappa shape index (κ3) is 4.21. The molecule has 10 nitrogen and oxygen atoms in total. The summed E-state index contributed by atoms with van der Waals surface area (Å²) in [5.74, 6) is 2.19. The highest BCUT2D eigenvalue weighted by molar-refractivity contribution is 5.97. The van der Waals surface area contributed by atoms with E-state index in [0.29, 0.717) is 23.2 Å². The number of rotatable bonds is 4. The van der Waals surface area contributed by atoms with E-state index >= 15 is 0 Å². The van der Waals surface area contributed by atoms with Crippen LogP contribution in [-0.4, -0.2) is 49.5 Å². The molecular formula is C30H32N10. The molecule has 5 aromatic rings. The minimum absolute atomic E-state index is 0.205. The Labute approximate surface area is 232 Å². The molecule has 0 radical (unpaired) electrons. The maximum atomic E-state index is 6.44. The zero-order chi connectivity index (χ0) is 27.5. The Morgan fingerprint density at radius 2 is 1.30 bits per heavy atom. The molecule has 2 bridgehead atoms. The predicted molar refractivity (Wildman–Crippen MR) is 160 cm³/mol. The smallest absolute Gasteiger partial charge is 0.239 e. The fourth-order valence-corrected chi connectivity index (χ4v) is 6.33. The Bertz CT molecular complexity index is 1690. The number of hydrogen-bond donors (Lipinski definition) is 3. The van der Waals surface area contributed by atoms with E-state index in [-0.39, 0.29) is 11.9 Å². The molecule has 3 fully saturated rings. The SMILES string of the molecule is Cc1cc(N)c2cc(N(c3ccc4nc(C)cc(N)c4c3)c3nc(N)nc(C4CN5CCC4CC5)n3)ccc2n1. The Kier molecular flexibility index (Phi) is 5.67. The summed E-state index contributed by atoms with van der Waals surface area (Å²) in [6, 6.07) is 15.8. The van der Waals surface area contributed by atoms with E-state index in [4.69, 9.17) is 22.2 Å². The van der Waals surface area contributed by atoms with Gasteiger partial charge in [0.1, 0.15) is 5.82 Å². The van der Waals surface area contributed by atoms with Gasteiger partial charge >= 0.3 is 0 Å². The summed E-state index contributed by atoms with van der Waals surface area (Å²) >= 11 is 0. The van der Waals surface area contributed by atoms with Gasteiger partial charge in [-0.1, -0.05) is 0 Å². The predicted octanol–water partition coefficient (Wildman–Crippen LogP) is 4.61. The number of anilines is 6. The van der Waals surface area contributed by atoms with Crippen LogP contribution in [0.5, 0.6) is 0 Å². The van der Waals surface area contributed by atoms with Crippen molar-refractivity contribution in [2.45, 2.75) is 32.6 Å². The number of aromatic nitrogens is 5. The van der Waals surface area contributed by atoms with Crippen molar-refractivity contribution in [2.75, 3.05) is 41.7 Å². The number of pyridine rings is 2. The highest BCUT2D eigenvalue weighted by Crippen LogP contribution is 2.41. The molecule has 8 rings (SSSR count). The first-order chi connectivity index (χ1) is 19.3. The summed E-state index contributed by atoms with van der Waals surface area (Å²) in [6.07, 6.45) is 2.31. The minimum Gasteiger partial charge on any atom is -0.398 e. The van der Waals surface area contributed by atoms with E-state index in [0.717, 1.165) is 82.9 Å². The molecule has 6 N–H and O–H groups in total. The molecule has 6 heterocycles. The van der Waals surface area contributed by atoms with Gasteiger partial charge < -0.3 is 22.1 Å². The summed E-state index contributed by atoms with van der Waals surface area (Å²) in [5, 5.41) is 1.70. The molecule has 2 aromatic carbocycles. The fraction of sp³-hybridized carbons (Fsp3) is 0.300. The summed E-state index contributed by atoms with van der Waals surface area (Å²) < 4.78 is 0. The first-order valence-electron chi connectivity index (χ1n) is 13.7. The van der Waals surface area contributed by atoms with Crippen molar-refractivity contribution < 1.29 is 0 Å². The lowest BCUT2D eigenvalue weighted by atomic mass is 9.78. The van der Waals surface area contributed by atoms with Crippen molar-refractivity contribution in [1.29, 1.82) is 0 Å². The maximum absolute atomic E-state index is 6.44. The third-order valence-corrected chi connectivity index (χ3v) is 8.27. The number of nitrogen functional groups attached to an aromatic ring is 3. The standard InChI is InChI=1S/C30H32N10/c1-16-11-24(31)21-13-19(3-5-26(21)34-16)40(20-4-6-27-22(14-20)25(32)12-17(2)35-27)30-37-28(36-29(33)38-30)23-15-39-9-7-18(23)8-10-39/h3-6,11-14,18,23H,7-10,15H2,1-2H3,(H2,31,34)(H2,32,35)(H2,33,36,37,38). The maximum Gasteiger partial charge on any atom is 0.239 e. The van der Waals surface area contributed by atoms with Crippen LogP contribution in [0.25, 0.3) is 21.8 Å². The first-order valence-corrected chi connectivity index (χ1v) is 13.7. The second kappa shape index (κ2) is 9.27. The van der Waals surface area contributed by atoms with E-state index in [2.05, 4.69) is 24.8 Å². The van der Waals surface area contributed by atoms with E-state index in [1.807, 2.05) is 67.3 Å². The van der Waals surface area contributed by atoms with Crippen LogP contribution in [-0.2, 0) is 0 Å². The second-order valence-electron chi connectivity index (χ2n) is 11.0. The molecule has 0 saturated carbocycles. The molecule has 3 saturated heterocycles. The Morgan fingerprint density at radius 3 is 1.82 bits per heavy atom. The quantitative estimate of drug-likeness (QED) is 0.299. The van der Waals surface area contributed by atoms with Gasteiger partial charge in [-0.15, -0.1) is 0 Å². The zero-order valence-electron chi connectivity index (χ0n) is 22.7. The van der Waals surface area contributed by atoms with E-state index < -0.39 is 0 Å². The van der Waals surface area contributed by atoms with Crippen molar-refractivity contribution in [1.82, 2.24) is 29.8 Å². The lowest BCUT2D eigenvalue weighted by Crippen LogP contribution is -2.46. The number of fused-ring (bicyclic) bond motifs is 5. The molecule has 0 aliphatic carbocycles. The van der Waals surface area contributed by atoms with E-state index in [1.165, 1.54) is 0 Å².